The van der Waals surface area contributed by atoms with Gasteiger partial charge in [-0.2, -0.15) is 0 Å². The zero-order valence-corrected chi connectivity index (χ0v) is 8.03. The van der Waals surface area contributed by atoms with Crippen molar-refractivity contribution in [2.75, 3.05) is 7.05 Å². The maximum atomic E-state index is 3.80. The molecular formula is C12H15N. The molecular weight excluding hydrogens is 158 g/mol. The Hall–Kier alpha value is -1.08. The third-order valence-corrected chi connectivity index (χ3v) is 2.76. The Kier molecular flexibility index (Phi) is 2.19. The molecule has 1 nitrogen and oxygen atoms in total. The molecule has 0 aromatic heterocycles. The Labute approximate surface area is 79.7 Å². The number of benzene rings is 1. The monoisotopic (exact) mass is 173 g/mol. The molecule has 0 fully saturated rings. The minimum Gasteiger partial charge on any atom is -0.295 e. The molecule has 0 N–H and O–H groups in total. The number of nitrogens with zero attached hydrogens (tertiary/aromatic N) is 1. The molecule has 1 aromatic rings. The van der Waals surface area contributed by atoms with Crippen LogP contribution in [0.5, 0.6) is 0 Å². The van der Waals surface area contributed by atoms with Crippen LogP contribution in [0.1, 0.15) is 23.6 Å². The van der Waals surface area contributed by atoms with Crippen molar-refractivity contribution < 1.29 is 0 Å². The number of rotatable bonds is 2. The minimum atomic E-state index is 0.550. The van der Waals surface area contributed by atoms with Crippen LogP contribution in [0.2, 0.25) is 0 Å². The van der Waals surface area contributed by atoms with E-state index in [1.165, 1.54) is 11.1 Å². The summed E-state index contributed by atoms with van der Waals surface area (Å²) >= 11 is 0. The summed E-state index contributed by atoms with van der Waals surface area (Å²) in [5.41, 5.74) is 2.95. The van der Waals surface area contributed by atoms with Crippen LogP contribution in [-0.4, -0.2) is 11.9 Å². The van der Waals surface area contributed by atoms with Gasteiger partial charge >= 0.3 is 0 Å². The molecule has 68 valence electrons. The van der Waals surface area contributed by atoms with E-state index in [1.807, 2.05) is 6.08 Å². The lowest BCUT2D eigenvalue weighted by molar-refractivity contribution is 0.270. The lowest BCUT2D eigenvalue weighted by Gasteiger charge is -2.18. The Bertz CT molecular complexity index is 317. The topological polar surface area (TPSA) is 3.24 Å². The lowest BCUT2D eigenvalue weighted by Crippen LogP contribution is -2.15. The molecule has 1 aliphatic heterocycles. The first-order valence-electron chi connectivity index (χ1n) is 4.72. The highest BCUT2D eigenvalue weighted by Gasteiger charge is 2.25. The van der Waals surface area contributed by atoms with E-state index in [0.717, 1.165) is 13.0 Å². The summed E-state index contributed by atoms with van der Waals surface area (Å²) in [5, 5.41) is 0. The summed E-state index contributed by atoms with van der Waals surface area (Å²) in [7, 11) is 2.17. The average Bonchev–Trinajstić information content (AvgIpc) is 2.44. The van der Waals surface area contributed by atoms with Crippen LogP contribution in [0.15, 0.2) is 36.9 Å². The van der Waals surface area contributed by atoms with Crippen LogP contribution in [0.3, 0.4) is 0 Å². The van der Waals surface area contributed by atoms with Crippen molar-refractivity contribution in [3.8, 4) is 0 Å². The van der Waals surface area contributed by atoms with Gasteiger partial charge in [-0.05, 0) is 24.6 Å². The SMILES string of the molecule is C=CC[C@@H]1c2ccccc2CN1C. The van der Waals surface area contributed by atoms with E-state index in [2.05, 4.69) is 42.8 Å². The molecule has 1 aromatic carbocycles. The summed E-state index contributed by atoms with van der Waals surface area (Å²) in [4.78, 5) is 2.38. The number of fused-ring (bicyclic) bond motifs is 1. The third kappa shape index (κ3) is 1.40. The molecule has 2 rings (SSSR count). The Morgan fingerprint density at radius 1 is 1.54 bits per heavy atom. The standard InChI is InChI=1S/C12H15N/c1-3-6-12-11-8-5-4-7-10(11)9-13(12)2/h3-5,7-8,12H,1,6,9H2,2H3/t12-/m1/s1. The summed E-state index contributed by atoms with van der Waals surface area (Å²) in [6, 6.07) is 9.23. The molecule has 1 heteroatoms. The van der Waals surface area contributed by atoms with E-state index in [4.69, 9.17) is 0 Å². The van der Waals surface area contributed by atoms with Crippen molar-refractivity contribution >= 4 is 0 Å². The molecule has 0 amide bonds. The van der Waals surface area contributed by atoms with Gasteiger partial charge in [0.05, 0.1) is 0 Å². The van der Waals surface area contributed by atoms with Crippen LogP contribution < -0.4 is 0 Å². The number of hydrogen-bond donors (Lipinski definition) is 0. The highest BCUT2D eigenvalue weighted by atomic mass is 15.1. The van der Waals surface area contributed by atoms with E-state index >= 15 is 0 Å². The molecule has 0 spiro atoms. The second-order valence-corrected chi connectivity index (χ2v) is 3.65. The van der Waals surface area contributed by atoms with E-state index in [9.17, 15) is 0 Å². The second-order valence-electron chi connectivity index (χ2n) is 3.65. The number of hydrogen-bond acceptors (Lipinski definition) is 1. The van der Waals surface area contributed by atoms with Crippen molar-refractivity contribution in [2.24, 2.45) is 0 Å². The molecule has 0 radical (unpaired) electrons. The van der Waals surface area contributed by atoms with Gasteiger partial charge in [0.1, 0.15) is 0 Å². The van der Waals surface area contributed by atoms with Gasteiger partial charge in [0, 0.05) is 12.6 Å². The average molecular weight is 173 g/mol. The van der Waals surface area contributed by atoms with Gasteiger partial charge in [0.15, 0.2) is 0 Å². The molecule has 1 atom stereocenters. The molecule has 13 heavy (non-hydrogen) atoms. The summed E-state index contributed by atoms with van der Waals surface area (Å²) in [5.74, 6) is 0. The Morgan fingerprint density at radius 3 is 3.08 bits per heavy atom. The maximum absolute atomic E-state index is 3.80. The van der Waals surface area contributed by atoms with Gasteiger partial charge in [-0.15, -0.1) is 6.58 Å². The smallest absolute Gasteiger partial charge is 0.0386 e. The first-order valence-corrected chi connectivity index (χ1v) is 4.72. The fourth-order valence-electron chi connectivity index (χ4n) is 2.08. The van der Waals surface area contributed by atoms with Gasteiger partial charge < -0.3 is 0 Å². The van der Waals surface area contributed by atoms with E-state index in [1.54, 1.807) is 0 Å². The van der Waals surface area contributed by atoms with Crippen LogP contribution in [0, 0.1) is 0 Å². The van der Waals surface area contributed by atoms with Crippen molar-refractivity contribution in [3.05, 3.63) is 48.0 Å². The third-order valence-electron chi connectivity index (χ3n) is 2.76. The van der Waals surface area contributed by atoms with Crippen LogP contribution in [0.4, 0.5) is 0 Å². The van der Waals surface area contributed by atoms with E-state index < -0.39 is 0 Å². The van der Waals surface area contributed by atoms with Crippen molar-refractivity contribution in [2.45, 2.75) is 19.0 Å². The predicted octanol–water partition coefficient (Wildman–Crippen LogP) is 2.75. The molecule has 0 bridgehead atoms. The van der Waals surface area contributed by atoms with Gasteiger partial charge in [0.25, 0.3) is 0 Å². The molecule has 0 saturated heterocycles. The van der Waals surface area contributed by atoms with Crippen LogP contribution >= 0.6 is 0 Å². The fourth-order valence-corrected chi connectivity index (χ4v) is 2.08. The highest BCUT2D eigenvalue weighted by molar-refractivity contribution is 5.34. The Balaban J connectivity index is 2.34. The van der Waals surface area contributed by atoms with Gasteiger partial charge in [-0.3, -0.25) is 4.90 Å². The molecule has 1 aliphatic rings. The van der Waals surface area contributed by atoms with Crippen molar-refractivity contribution in [1.82, 2.24) is 4.90 Å². The molecule has 0 saturated carbocycles. The van der Waals surface area contributed by atoms with Crippen molar-refractivity contribution in [1.29, 1.82) is 0 Å². The first-order chi connectivity index (χ1) is 6.33. The largest absolute Gasteiger partial charge is 0.295 e. The van der Waals surface area contributed by atoms with Gasteiger partial charge in [-0.1, -0.05) is 30.3 Å². The van der Waals surface area contributed by atoms with Crippen LogP contribution in [0.25, 0.3) is 0 Å². The lowest BCUT2D eigenvalue weighted by atomic mass is 10.0. The highest BCUT2D eigenvalue weighted by Crippen LogP contribution is 2.34. The van der Waals surface area contributed by atoms with Crippen LogP contribution in [-0.2, 0) is 6.54 Å². The molecule has 0 aliphatic carbocycles. The maximum Gasteiger partial charge on any atom is 0.0386 e. The normalized spacial score (nSPS) is 21.5. The summed E-state index contributed by atoms with van der Waals surface area (Å²) < 4.78 is 0. The van der Waals surface area contributed by atoms with E-state index in [0.29, 0.717) is 6.04 Å². The fraction of sp³-hybridized carbons (Fsp3) is 0.333. The minimum absolute atomic E-state index is 0.550. The van der Waals surface area contributed by atoms with Gasteiger partial charge in [-0.25, -0.2) is 0 Å². The summed E-state index contributed by atoms with van der Waals surface area (Å²) in [6.45, 7) is 4.88. The van der Waals surface area contributed by atoms with Crippen molar-refractivity contribution in [3.63, 3.8) is 0 Å². The predicted molar refractivity (Wildman–Crippen MR) is 55.5 cm³/mol. The second kappa shape index (κ2) is 3.35. The molecule has 0 unspecified atom stereocenters. The quantitative estimate of drug-likeness (QED) is 0.621. The first kappa shape index (κ1) is 8.52. The van der Waals surface area contributed by atoms with E-state index in [-0.39, 0.29) is 0 Å². The zero-order valence-electron chi connectivity index (χ0n) is 8.03. The van der Waals surface area contributed by atoms with Gasteiger partial charge in [0.2, 0.25) is 0 Å². The summed E-state index contributed by atoms with van der Waals surface area (Å²) in [6.07, 6.45) is 3.05. The Morgan fingerprint density at radius 2 is 2.31 bits per heavy atom. The molecule has 1 heterocycles. The zero-order chi connectivity index (χ0) is 9.26.